The van der Waals surface area contributed by atoms with E-state index in [0.717, 1.165) is 18.5 Å². The van der Waals surface area contributed by atoms with Gasteiger partial charge in [0.2, 0.25) is 6.10 Å². The molecule has 0 radical (unpaired) electrons. The van der Waals surface area contributed by atoms with Crippen molar-refractivity contribution in [3.63, 3.8) is 0 Å². The number of esters is 1. The first-order chi connectivity index (χ1) is 9.20. The van der Waals surface area contributed by atoms with Crippen LogP contribution in [0.2, 0.25) is 0 Å². The summed E-state index contributed by atoms with van der Waals surface area (Å²) in [6.07, 6.45) is 0.865. The second-order valence-electron chi connectivity index (χ2n) is 4.90. The molecule has 1 aromatic rings. The first-order valence-corrected chi connectivity index (χ1v) is 6.35. The number of methoxy groups -OCH3 is 1. The van der Waals surface area contributed by atoms with E-state index in [4.69, 9.17) is 4.74 Å². The van der Waals surface area contributed by atoms with Crippen LogP contribution in [0, 0.1) is 5.92 Å². The van der Waals surface area contributed by atoms with E-state index in [1.807, 2.05) is 18.2 Å². The molecule has 3 rings (SSSR count). The van der Waals surface area contributed by atoms with Gasteiger partial charge in [-0.05, 0) is 24.8 Å². The minimum atomic E-state index is -0.954. The monoisotopic (exact) mass is 261 g/mol. The van der Waals surface area contributed by atoms with E-state index >= 15 is 0 Å². The summed E-state index contributed by atoms with van der Waals surface area (Å²) >= 11 is 0. The van der Waals surface area contributed by atoms with Crippen molar-refractivity contribution in [1.82, 2.24) is 0 Å². The molecule has 100 valence electrons. The molecule has 0 bridgehead atoms. The summed E-state index contributed by atoms with van der Waals surface area (Å²) in [5.41, 5.74) is 1.44. The minimum Gasteiger partial charge on any atom is -0.466 e. The normalized spacial score (nSPS) is 21.6. The fourth-order valence-corrected chi connectivity index (χ4v) is 2.29. The number of ether oxygens (including phenoxy) is 2. The van der Waals surface area contributed by atoms with Gasteiger partial charge in [0.15, 0.2) is 0 Å². The molecular weight excluding hydrogens is 246 g/mol. The van der Waals surface area contributed by atoms with Gasteiger partial charge in [-0.1, -0.05) is 18.2 Å². The SMILES string of the molecule is COC(=O)C1OC(=O)N(CC2CC2)c2ccccc21. The number of anilines is 1. The maximum Gasteiger partial charge on any atom is 0.415 e. The van der Waals surface area contributed by atoms with Crippen LogP contribution >= 0.6 is 0 Å². The number of amides is 1. The van der Waals surface area contributed by atoms with E-state index in [-0.39, 0.29) is 0 Å². The van der Waals surface area contributed by atoms with Gasteiger partial charge in [-0.15, -0.1) is 0 Å². The number of hydrogen-bond donors (Lipinski definition) is 0. The van der Waals surface area contributed by atoms with E-state index in [1.54, 1.807) is 11.0 Å². The van der Waals surface area contributed by atoms with E-state index < -0.39 is 18.2 Å². The lowest BCUT2D eigenvalue weighted by atomic mass is 10.0. The third-order valence-corrected chi connectivity index (χ3v) is 3.50. The molecular formula is C14H15NO4. The van der Waals surface area contributed by atoms with Gasteiger partial charge >= 0.3 is 12.1 Å². The largest absolute Gasteiger partial charge is 0.466 e. The van der Waals surface area contributed by atoms with Gasteiger partial charge in [0.25, 0.3) is 0 Å². The molecule has 0 spiro atoms. The lowest BCUT2D eigenvalue weighted by Crippen LogP contribution is -2.40. The van der Waals surface area contributed by atoms with Crippen LogP contribution in [-0.4, -0.2) is 25.7 Å². The highest BCUT2D eigenvalue weighted by Gasteiger charge is 2.39. The number of rotatable bonds is 3. The van der Waals surface area contributed by atoms with Crippen LogP contribution in [-0.2, 0) is 14.3 Å². The van der Waals surface area contributed by atoms with Crippen molar-refractivity contribution >= 4 is 17.7 Å². The molecule has 2 aliphatic rings. The second kappa shape index (κ2) is 4.57. The van der Waals surface area contributed by atoms with Crippen LogP contribution in [0.5, 0.6) is 0 Å². The summed E-state index contributed by atoms with van der Waals surface area (Å²) in [5, 5.41) is 0. The molecule has 0 N–H and O–H groups in total. The number of para-hydroxylation sites is 1. The zero-order chi connectivity index (χ0) is 13.4. The van der Waals surface area contributed by atoms with E-state index in [9.17, 15) is 9.59 Å². The predicted molar refractivity (Wildman–Crippen MR) is 67.8 cm³/mol. The van der Waals surface area contributed by atoms with Crippen molar-refractivity contribution in [2.24, 2.45) is 5.92 Å². The smallest absolute Gasteiger partial charge is 0.415 e. The van der Waals surface area contributed by atoms with Crippen molar-refractivity contribution in [2.75, 3.05) is 18.6 Å². The maximum absolute atomic E-state index is 12.0. The van der Waals surface area contributed by atoms with Gasteiger partial charge in [-0.3, -0.25) is 4.90 Å². The number of hydrogen-bond acceptors (Lipinski definition) is 4. The lowest BCUT2D eigenvalue weighted by molar-refractivity contribution is -0.151. The Labute approximate surface area is 111 Å². The van der Waals surface area contributed by atoms with Crippen LogP contribution in [0.4, 0.5) is 10.5 Å². The standard InChI is InChI=1S/C14H15NO4/c1-18-13(16)12-10-4-2-3-5-11(10)15(14(17)19-12)8-9-6-7-9/h2-5,9,12H,6-8H2,1H3. The highest BCUT2D eigenvalue weighted by atomic mass is 16.6. The summed E-state index contributed by atoms with van der Waals surface area (Å²) < 4.78 is 9.91. The van der Waals surface area contributed by atoms with E-state index in [1.165, 1.54) is 7.11 Å². The number of benzene rings is 1. The van der Waals surface area contributed by atoms with Crippen molar-refractivity contribution in [3.05, 3.63) is 29.8 Å². The van der Waals surface area contributed by atoms with Gasteiger partial charge in [0.1, 0.15) is 0 Å². The Kier molecular flexibility index (Phi) is 2.89. The number of cyclic esters (lactones) is 1. The van der Waals surface area contributed by atoms with Gasteiger partial charge in [0, 0.05) is 12.1 Å². The molecule has 5 nitrogen and oxygen atoms in total. The van der Waals surface area contributed by atoms with Crippen molar-refractivity contribution in [2.45, 2.75) is 18.9 Å². The van der Waals surface area contributed by atoms with Crippen LogP contribution < -0.4 is 4.90 Å². The minimum absolute atomic E-state index is 0.471. The van der Waals surface area contributed by atoms with Crippen LogP contribution in [0.25, 0.3) is 0 Å². The third kappa shape index (κ3) is 2.16. The average Bonchev–Trinajstić information content (AvgIpc) is 3.25. The van der Waals surface area contributed by atoms with Crippen molar-refractivity contribution < 1.29 is 19.1 Å². The summed E-state index contributed by atoms with van der Waals surface area (Å²) in [6, 6.07) is 7.31. The number of carbonyl (C=O) groups is 2. The highest BCUT2D eigenvalue weighted by molar-refractivity contribution is 5.95. The Balaban J connectivity index is 1.97. The molecule has 1 fully saturated rings. The Morgan fingerprint density at radius 1 is 1.42 bits per heavy atom. The highest BCUT2D eigenvalue weighted by Crippen LogP contribution is 2.38. The second-order valence-corrected chi connectivity index (χ2v) is 4.90. The van der Waals surface area contributed by atoms with Gasteiger partial charge in [0.05, 0.1) is 12.8 Å². The molecule has 0 aromatic heterocycles. The first-order valence-electron chi connectivity index (χ1n) is 6.35. The zero-order valence-corrected chi connectivity index (χ0v) is 10.7. The Morgan fingerprint density at radius 3 is 2.84 bits per heavy atom. The quantitative estimate of drug-likeness (QED) is 0.783. The molecule has 1 amide bonds. The summed E-state index contributed by atoms with van der Waals surface area (Å²) in [6.45, 7) is 0.656. The summed E-state index contributed by atoms with van der Waals surface area (Å²) in [7, 11) is 1.29. The summed E-state index contributed by atoms with van der Waals surface area (Å²) in [5.74, 6) is 0.00200. The Bertz CT molecular complexity index is 524. The number of nitrogens with zero attached hydrogens (tertiary/aromatic N) is 1. The lowest BCUT2D eigenvalue weighted by Gasteiger charge is -2.32. The average molecular weight is 261 g/mol. The van der Waals surface area contributed by atoms with Crippen LogP contribution in [0.3, 0.4) is 0 Å². The van der Waals surface area contributed by atoms with Crippen LogP contribution in [0.1, 0.15) is 24.5 Å². The molecule has 0 saturated heterocycles. The van der Waals surface area contributed by atoms with Crippen molar-refractivity contribution in [1.29, 1.82) is 0 Å². The molecule has 1 saturated carbocycles. The zero-order valence-electron chi connectivity index (χ0n) is 10.7. The van der Waals surface area contributed by atoms with Gasteiger partial charge in [-0.2, -0.15) is 0 Å². The van der Waals surface area contributed by atoms with Gasteiger partial charge < -0.3 is 9.47 Å². The Hall–Kier alpha value is -2.04. The van der Waals surface area contributed by atoms with E-state index in [0.29, 0.717) is 18.0 Å². The molecule has 1 aliphatic heterocycles. The topological polar surface area (TPSA) is 55.8 Å². The summed E-state index contributed by atoms with van der Waals surface area (Å²) in [4.78, 5) is 25.4. The number of fused-ring (bicyclic) bond motifs is 1. The Morgan fingerprint density at radius 2 is 2.16 bits per heavy atom. The predicted octanol–water partition coefficient (Wildman–Crippen LogP) is 2.27. The molecule has 5 heteroatoms. The fraction of sp³-hybridized carbons (Fsp3) is 0.429. The third-order valence-electron chi connectivity index (χ3n) is 3.50. The fourth-order valence-electron chi connectivity index (χ4n) is 2.29. The van der Waals surface area contributed by atoms with Crippen molar-refractivity contribution in [3.8, 4) is 0 Å². The first kappa shape index (κ1) is 12.0. The maximum atomic E-state index is 12.0. The molecule has 1 heterocycles. The number of carbonyl (C=O) groups excluding carboxylic acids is 2. The molecule has 1 atom stereocenters. The van der Waals surface area contributed by atoms with E-state index in [2.05, 4.69) is 4.74 Å². The molecule has 1 unspecified atom stereocenters. The van der Waals surface area contributed by atoms with Crippen LogP contribution in [0.15, 0.2) is 24.3 Å². The molecule has 1 aliphatic carbocycles. The molecule has 19 heavy (non-hydrogen) atoms. The molecule has 1 aromatic carbocycles. The van der Waals surface area contributed by atoms with Gasteiger partial charge in [-0.25, -0.2) is 9.59 Å².